The molecule has 34 heavy (non-hydrogen) atoms. The minimum atomic E-state index is -0.144. The van der Waals surface area contributed by atoms with Crippen LogP contribution in [0.2, 0.25) is 5.02 Å². The van der Waals surface area contributed by atoms with Crippen LogP contribution in [0.1, 0.15) is 36.8 Å². The number of nitriles is 1. The zero-order chi connectivity index (χ0) is 23.9. The Kier molecular flexibility index (Phi) is 7.71. The van der Waals surface area contributed by atoms with Gasteiger partial charge in [-0.15, -0.1) is 0 Å². The molecule has 1 unspecified atom stereocenters. The second-order valence-electron chi connectivity index (χ2n) is 8.41. The van der Waals surface area contributed by atoms with E-state index in [0.29, 0.717) is 37.4 Å². The van der Waals surface area contributed by atoms with Crippen molar-refractivity contribution >= 4 is 23.2 Å². The number of rotatable bonds is 9. The standard InChI is InChI=1S/C26H28ClN5O2/c27-21-10-8-20(9-11-21)26-23(31-17-3-5-25(31)34)18-32(30-26)24(4-1-2-15-28)29-16-14-19-6-12-22(33)13-7-19/h4,6-13,23,29,33H,1-3,5,14,16-18H2/b24-4+. The number of benzene rings is 2. The van der Waals surface area contributed by atoms with Crippen LogP contribution < -0.4 is 5.32 Å². The van der Waals surface area contributed by atoms with E-state index in [-0.39, 0.29) is 17.7 Å². The molecule has 4 rings (SSSR count). The van der Waals surface area contributed by atoms with Gasteiger partial charge < -0.3 is 15.3 Å². The normalized spacial score (nSPS) is 18.2. The van der Waals surface area contributed by atoms with E-state index in [4.69, 9.17) is 22.0 Å². The molecule has 0 spiro atoms. The highest BCUT2D eigenvalue weighted by molar-refractivity contribution is 6.30. The summed E-state index contributed by atoms with van der Waals surface area (Å²) in [6.45, 7) is 1.94. The molecule has 2 aromatic carbocycles. The Labute approximate surface area is 204 Å². The van der Waals surface area contributed by atoms with Crippen LogP contribution in [0, 0.1) is 11.3 Å². The van der Waals surface area contributed by atoms with Crippen LogP contribution in [0.5, 0.6) is 5.75 Å². The Bertz CT molecular complexity index is 1110. The molecule has 2 aliphatic rings. The van der Waals surface area contributed by atoms with Crippen molar-refractivity contribution in [3.05, 3.63) is 76.6 Å². The number of halogens is 1. The van der Waals surface area contributed by atoms with Crippen LogP contribution in [0.15, 0.2) is 65.5 Å². The van der Waals surface area contributed by atoms with E-state index in [1.807, 2.05) is 52.4 Å². The predicted molar refractivity (Wildman–Crippen MR) is 132 cm³/mol. The summed E-state index contributed by atoms with van der Waals surface area (Å²) in [5.41, 5.74) is 2.89. The fourth-order valence-corrected chi connectivity index (χ4v) is 4.42. The van der Waals surface area contributed by atoms with Gasteiger partial charge in [-0.1, -0.05) is 35.9 Å². The van der Waals surface area contributed by atoms with Crippen LogP contribution in [0.25, 0.3) is 0 Å². The Hall–Kier alpha value is -3.50. The molecule has 2 aromatic rings. The number of aromatic hydroxyl groups is 1. The smallest absolute Gasteiger partial charge is 0.223 e. The Morgan fingerprint density at radius 1 is 1.24 bits per heavy atom. The topological polar surface area (TPSA) is 92.0 Å². The first-order valence-corrected chi connectivity index (χ1v) is 11.9. The number of unbranched alkanes of at least 4 members (excludes halogenated alkanes) is 1. The van der Waals surface area contributed by atoms with Crippen molar-refractivity contribution in [2.75, 3.05) is 19.6 Å². The van der Waals surface area contributed by atoms with Crippen molar-refractivity contribution in [3.8, 4) is 11.8 Å². The molecule has 1 atom stereocenters. The van der Waals surface area contributed by atoms with Gasteiger partial charge in [0.15, 0.2) is 0 Å². The third-order valence-electron chi connectivity index (χ3n) is 6.04. The molecule has 1 saturated heterocycles. The molecule has 0 saturated carbocycles. The summed E-state index contributed by atoms with van der Waals surface area (Å²) >= 11 is 6.10. The Morgan fingerprint density at radius 2 is 2.00 bits per heavy atom. The average molecular weight is 478 g/mol. The molecular formula is C26H28ClN5O2. The van der Waals surface area contributed by atoms with Crippen molar-refractivity contribution in [2.24, 2.45) is 5.10 Å². The van der Waals surface area contributed by atoms with Crippen molar-refractivity contribution in [2.45, 2.75) is 38.1 Å². The lowest BCUT2D eigenvalue weighted by atomic mass is 10.0. The highest BCUT2D eigenvalue weighted by atomic mass is 35.5. The largest absolute Gasteiger partial charge is 0.508 e. The minimum absolute atomic E-state index is 0.144. The van der Waals surface area contributed by atoms with E-state index < -0.39 is 0 Å². The number of allylic oxidation sites excluding steroid dienone is 1. The van der Waals surface area contributed by atoms with Crippen molar-refractivity contribution in [1.29, 1.82) is 5.26 Å². The third kappa shape index (κ3) is 5.70. The van der Waals surface area contributed by atoms with Gasteiger partial charge in [-0.25, -0.2) is 5.01 Å². The number of phenolic OH excluding ortho intramolecular Hbond substituents is 1. The number of likely N-dealkylation sites (tertiary alicyclic amines) is 1. The maximum absolute atomic E-state index is 12.6. The number of nitrogens with zero attached hydrogens (tertiary/aromatic N) is 4. The zero-order valence-corrected chi connectivity index (χ0v) is 19.7. The van der Waals surface area contributed by atoms with Gasteiger partial charge in [-0.2, -0.15) is 10.4 Å². The molecule has 0 radical (unpaired) electrons. The number of phenols is 1. The molecular weight excluding hydrogens is 450 g/mol. The second kappa shape index (κ2) is 11.1. The van der Waals surface area contributed by atoms with Crippen molar-refractivity contribution in [3.63, 3.8) is 0 Å². The van der Waals surface area contributed by atoms with Crippen LogP contribution >= 0.6 is 11.6 Å². The van der Waals surface area contributed by atoms with Gasteiger partial charge in [0, 0.05) is 36.5 Å². The van der Waals surface area contributed by atoms with E-state index in [9.17, 15) is 9.90 Å². The molecule has 8 heteroatoms. The fourth-order valence-electron chi connectivity index (χ4n) is 4.30. The highest BCUT2D eigenvalue weighted by Crippen LogP contribution is 2.26. The van der Waals surface area contributed by atoms with Gasteiger partial charge in [0.2, 0.25) is 5.91 Å². The van der Waals surface area contributed by atoms with Crippen molar-refractivity contribution < 1.29 is 9.90 Å². The lowest BCUT2D eigenvalue weighted by molar-refractivity contribution is -0.128. The van der Waals surface area contributed by atoms with Crippen molar-refractivity contribution in [1.82, 2.24) is 15.2 Å². The monoisotopic (exact) mass is 477 g/mol. The summed E-state index contributed by atoms with van der Waals surface area (Å²) in [6.07, 6.45) is 5.22. The molecule has 1 amide bonds. The first-order valence-electron chi connectivity index (χ1n) is 11.6. The van der Waals surface area contributed by atoms with Crippen LogP contribution in [-0.4, -0.2) is 52.3 Å². The number of carbonyl (C=O) groups is 1. The molecule has 2 aliphatic heterocycles. The molecule has 2 heterocycles. The second-order valence-corrected chi connectivity index (χ2v) is 8.85. The summed E-state index contributed by atoms with van der Waals surface area (Å²) in [5.74, 6) is 1.23. The van der Waals surface area contributed by atoms with Crippen LogP contribution in [0.4, 0.5) is 0 Å². The lowest BCUT2D eigenvalue weighted by Crippen LogP contribution is -2.44. The summed E-state index contributed by atoms with van der Waals surface area (Å²) in [4.78, 5) is 14.5. The maximum Gasteiger partial charge on any atom is 0.223 e. The maximum atomic E-state index is 12.6. The van der Waals surface area contributed by atoms with Crippen LogP contribution in [0.3, 0.4) is 0 Å². The molecule has 0 bridgehead atoms. The van der Waals surface area contributed by atoms with E-state index in [0.717, 1.165) is 42.0 Å². The molecule has 176 valence electrons. The minimum Gasteiger partial charge on any atom is -0.508 e. The SMILES string of the molecule is N#CCC/C=C(\NCCc1ccc(O)cc1)N1CC(N2CCCC2=O)C(c2ccc(Cl)cc2)=N1. The lowest BCUT2D eigenvalue weighted by Gasteiger charge is -2.26. The summed E-state index contributed by atoms with van der Waals surface area (Å²) in [5, 5.41) is 29.5. The van der Waals surface area contributed by atoms with E-state index in [1.54, 1.807) is 12.1 Å². The first-order chi connectivity index (χ1) is 16.5. The van der Waals surface area contributed by atoms with Gasteiger partial charge in [-0.3, -0.25) is 4.79 Å². The van der Waals surface area contributed by atoms with Gasteiger partial charge in [-0.05, 0) is 55.2 Å². The molecule has 2 N–H and O–H groups in total. The zero-order valence-electron chi connectivity index (χ0n) is 19.0. The Balaban J connectivity index is 1.55. The van der Waals surface area contributed by atoms with E-state index >= 15 is 0 Å². The van der Waals surface area contributed by atoms with Gasteiger partial charge in [0.25, 0.3) is 0 Å². The summed E-state index contributed by atoms with van der Waals surface area (Å²) in [6, 6.07) is 16.8. The van der Waals surface area contributed by atoms with Gasteiger partial charge >= 0.3 is 0 Å². The number of hydrogen-bond acceptors (Lipinski definition) is 6. The first kappa shape index (κ1) is 23.7. The molecule has 1 fully saturated rings. The van der Waals surface area contributed by atoms with E-state index in [1.165, 1.54) is 0 Å². The molecule has 0 aromatic heterocycles. The number of hydrazone groups is 1. The number of carbonyl (C=O) groups excluding carboxylic acids is 1. The van der Waals surface area contributed by atoms with Gasteiger partial charge in [0.05, 0.1) is 24.4 Å². The summed E-state index contributed by atoms with van der Waals surface area (Å²) < 4.78 is 0. The highest BCUT2D eigenvalue weighted by Gasteiger charge is 2.38. The van der Waals surface area contributed by atoms with E-state index in [2.05, 4.69) is 11.4 Å². The fraction of sp³-hybridized carbons (Fsp3) is 0.346. The number of amides is 1. The predicted octanol–water partition coefficient (Wildman–Crippen LogP) is 4.03. The molecule has 0 aliphatic carbocycles. The summed E-state index contributed by atoms with van der Waals surface area (Å²) in [7, 11) is 0. The Morgan fingerprint density at radius 3 is 2.68 bits per heavy atom. The average Bonchev–Trinajstić information content (AvgIpc) is 3.46. The third-order valence-corrected chi connectivity index (χ3v) is 6.30. The molecule has 7 nitrogen and oxygen atoms in total. The number of nitrogens with one attached hydrogen (secondary N) is 1. The number of hydrogen-bond donors (Lipinski definition) is 2. The van der Waals surface area contributed by atoms with Crippen LogP contribution in [-0.2, 0) is 11.2 Å². The quantitative estimate of drug-likeness (QED) is 0.532. The van der Waals surface area contributed by atoms with Gasteiger partial charge in [0.1, 0.15) is 11.6 Å².